The maximum Gasteiger partial charge on any atom is 0.304 e. The van der Waals surface area contributed by atoms with Crippen LogP contribution in [0.15, 0.2) is 30.3 Å². The summed E-state index contributed by atoms with van der Waals surface area (Å²) in [5.41, 5.74) is 1.08. The standard InChI is InChI=1S/C20H29N3O2/c1-15(24)25-20(13-22(2)14-20)23-10-8-17(9-11-23)21-19-12-18(19)16-6-4-3-5-7-16/h3-7,17-19,21H,8-14H2,1-2H3/t18-,19+/m0/s1. The monoisotopic (exact) mass is 343 g/mol. The molecule has 0 radical (unpaired) electrons. The summed E-state index contributed by atoms with van der Waals surface area (Å²) in [4.78, 5) is 16.1. The van der Waals surface area contributed by atoms with Gasteiger partial charge < -0.3 is 10.1 Å². The van der Waals surface area contributed by atoms with E-state index in [9.17, 15) is 4.79 Å². The van der Waals surface area contributed by atoms with E-state index < -0.39 is 0 Å². The average molecular weight is 343 g/mol. The molecule has 136 valence electrons. The minimum absolute atomic E-state index is 0.169. The van der Waals surface area contributed by atoms with Crippen molar-refractivity contribution in [2.75, 3.05) is 33.2 Å². The van der Waals surface area contributed by atoms with E-state index in [-0.39, 0.29) is 11.7 Å². The summed E-state index contributed by atoms with van der Waals surface area (Å²) in [5, 5.41) is 3.85. The summed E-state index contributed by atoms with van der Waals surface area (Å²) in [7, 11) is 2.08. The second kappa shape index (κ2) is 6.71. The molecule has 0 aromatic heterocycles. The van der Waals surface area contributed by atoms with Gasteiger partial charge in [0.05, 0.1) is 13.1 Å². The molecule has 1 aromatic rings. The molecule has 3 fully saturated rings. The summed E-state index contributed by atoms with van der Waals surface area (Å²) in [6.07, 6.45) is 3.52. The van der Waals surface area contributed by atoms with Crippen molar-refractivity contribution in [2.45, 2.75) is 49.9 Å². The van der Waals surface area contributed by atoms with Crippen LogP contribution in [-0.2, 0) is 9.53 Å². The Morgan fingerprint density at radius 3 is 2.48 bits per heavy atom. The Labute approximate surface area is 150 Å². The fourth-order valence-electron chi connectivity index (χ4n) is 4.60. The first-order chi connectivity index (χ1) is 12.1. The van der Waals surface area contributed by atoms with E-state index in [2.05, 4.69) is 52.5 Å². The van der Waals surface area contributed by atoms with E-state index in [1.165, 1.54) is 18.9 Å². The van der Waals surface area contributed by atoms with Crippen molar-refractivity contribution in [3.05, 3.63) is 35.9 Å². The first kappa shape index (κ1) is 17.0. The molecule has 4 rings (SSSR count). The average Bonchev–Trinajstić information content (AvgIpc) is 3.33. The number of nitrogens with one attached hydrogen (secondary N) is 1. The minimum Gasteiger partial charge on any atom is -0.441 e. The van der Waals surface area contributed by atoms with Crippen LogP contribution in [0.5, 0.6) is 0 Å². The third kappa shape index (κ3) is 3.59. The maximum absolute atomic E-state index is 11.5. The highest BCUT2D eigenvalue weighted by atomic mass is 16.6. The van der Waals surface area contributed by atoms with Gasteiger partial charge in [0.1, 0.15) is 0 Å². The normalized spacial score (nSPS) is 29.8. The summed E-state index contributed by atoms with van der Waals surface area (Å²) in [6, 6.07) is 12.1. The fraction of sp³-hybridized carbons (Fsp3) is 0.650. The number of rotatable bonds is 5. The van der Waals surface area contributed by atoms with Crippen LogP contribution in [-0.4, -0.2) is 66.8 Å². The van der Waals surface area contributed by atoms with E-state index in [4.69, 9.17) is 4.74 Å². The molecule has 5 heteroatoms. The predicted octanol–water partition coefficient (Wildman–Crippen LogP) is 1.80. The predicted molar refractivity (Wildman–Crippen MR) is 97.3 cm³/mol. The highest BCUT2D eigenvalue weighted by Gasteiger charge is 2.50. The topological polar surface area (TPSA) is 44.8 Å². The molecule has 0 spiro atoms. The Morgan fingerprint density at radius 2 is 1.88 bits per heavy atom. The van der Waals surface area contributed by atoms with E-state index in [0.29, 0.717) is 18.0 Å². The summed E-state index contributed by atoms with van der Waals surface area (Å²) < 4.78 is 5.71. The highest BCUT2D eigenvalue weighted by molar-refractivity contribution is 5.66. The van der Waals surface area contributed by atoms with Gasteiger partial charge in [0.2, 0.25) is 0 Å². The van der Waals surface area contributed by atoms with Gasteiger partial charge >= 0.3 is 5.97 Å². The number of carbonyl (C=O) groups is 1. The third-order valence-corrected chi connectivity index (χ3v) is 5.91. The number of esters is 1. The molecule has 0 amide bonds. The van der Waals surface area contributed by atoms with Crippen LogP contribution in [0, 0.1) is 0 Å². The molecular weight excluding hydrogens is 314 g/mol. The van der Waals surface area contributed by atoms with Gasteiger partial charge in [-0.2, -0.15) is 0 Å². The zero-order chi connectivity index (χ0) is 17.4. The number of piperidine rings is 1. The van der Waals surface area contributed by atoms with Gasteiger partial charge in [-0.3, -0.25) is 14.6 Å². The number of likely N-dealkylation sites (N-methyl/N-ethyl adjacent to an activating group) is 1. The largest absolute Gasteiger partial charge is 0.441 e. The molecule has 3 aliphatic rings. The van der Waals surface area contributed by atoms with Crippen molar-refractivity contribution in [3.8, 4) is 0 Å². The van der Waals surface area contributed by atoms with Crippen LogP contribution in [0.4, 0.5) is 0 Å². The number of hydrogen-bond acceptors (Lipinski definition) is 5. The number of benzene rings is 1. The van der Waals surface area contributed by atoms with Crippen molar-refractivity contribution >= 4 is 5.97 Å². The number of likely N-dealkylation sites (tertiary alicyclic amines) is 2. The van der Waals surface area contributed by atoms with Gasteiger partial charge in [-0.15, -0.1) is 0 Å². The molecule has 1 aliphatic carbocycles. The molecule has 2 aliphatic heterocycles. The second-order valence-electron chi connectivity index (χ2n) is 8.00. The van der Waals surface area contributed by atoms with Crippen LogP contribution in [0.1, 0.15) is 37.7 Å². The lowest BCUT2D eigenvalue weighted by molar-refractivity contribution is -0.226. The Kier molecular flexibility index (Phi) is 4.56. The fourth-order valence-corrected chi connectivity index (χ4v) is 4.60. The molecule has 2 saturated heterocycles. The van der Waals surface area contributed by atoms with E-state index in [1.54, 1.807) is 0 Å². The van der Waals surface area contributed by atoms with Gasteiger partial charge in [0, 0.05) is 38.0 Å². The van der Waals surface area contributed by atoms with Crippen LogP contribution in [0.3, 0.4) is 0 Å². The SMILES string of the molecule is CC(=O)OC1(N2CCC(N[C@@H]3C[C@H]3c3ccccc3)CC2)CN(C)C1. The molecule has 5 nitrogen and oxygen atoms in total. The quantitative estimate of drug-likeness (QED) is 0.826. The van der Waals surface area contributed by atoms with Gasteiger partial charge in [-0.25, -0.2) is 0 Å². The summed E-state index contributed by atoms with van der Waals surface area (Å²) in [6.45, 7) is 5.17. The maximum atomic E-state index is 11.5. The molecule has 2 atom stereocenters. The lowest BCUT2D eigenvalue weighted by Crippen LogP contribution is -2.72. The molecule has 1 N–H and O–H groups in total. The molecule has 0 bridgehead atoms. The van der Waals surface area contributed by atoms with Crippen molar-refractivity contribution in [1.82, 2.24) is 15.1 Å². The van der Waals surface area contributed by atoms with Gasteiger partial charge in [-0.05, 0) is 31.9 Å². The molecular formula is C20H29N3O2. The number of nitrogens with zero attached hydrogens (tertiary/aromatic N) is 2. The van der Waals surface area contributed by atoms with Crippen LogP contribution >= 0.6 is 0 Å². The van der Waals surface area contributed by atoms with Crippen molar-refractivity contribution in [2.24, 2.45) is 0 Å². The van der Waals surface area contributed by atoms with E-state index >= 15 is 0 Å². The summed E-state index contributed by atoms with van der Waals surface area (Å²) in [5.74, 6) is 0.518. The molecule has 1 saturated carbocycles. The first-order valence-electron chi connectivity index (χ1n) is 9.50. The number of ether oxygens (including phenoxy) is 1. The molecule has 1 aromatic carbocycles. The van der Waals surface area contributed by atoms with E-state index in [0.717, 1.165) is 39.0 Å². The highest BCUT2D eigenvalue weighted by Crippen LogP contribution is 2.41. The van der Waals surface area contributed by atoms with Crippen molar-refractivity contribution in [3.63, 3.8) is 0 Å². The minimum atomic E-state index is -0.377. The van der Waals surface area contributed by atoms with Gasteiger partial charge in [0.15, 0.2) is 5.72 Å². The lowest BCUT2D eigenvalue weighted by atomic mass is 9.96. The third-order valence-electron chi connectivity index (χ3n) is 5.91. The smallest absolute Gasteiger partial charge is 0.304 e. The Balaban J connectivity index is 1.27. The van der Waals surface area contributed by atoms with Crippen molar-refractivity contribution < 1.29 is 9.53 Å². The zero-order valence-corrected chi connectivity index (χ0v) is 15.3. The van der Waals surface area contributed by atoms with Gasteiger partial charge in [0.25, 0.3) is 0 Å². The zero-order valence-electron chi connectivity index (χ0n) is 15.3. The Bertz CT molecular complexity index is 607. The van der Waals surface area contributed by atoms with E-state index in [1.807, 2.05) is 0 Å². The van der Waals surface area contributed by atoms with Crippen molar-refractivity contribution in [1.29, 1.82) is 0 Å². The molecule has 0 unspecified atom stereocenters. The first-order valence-corrected chi connectivity index (χ1v) is 9.50. The Morgan fingerprint density at radius 1 is 1.20 bits per heavy atom. The molecule has 25 heavy (non-hydrogen) atoms. The number of hydrogen-bond donors (Lipinski definition) is 1. The van der Waals surface area contributed by atoms with Gasteiger partial charge in [-0.1, -0.05) is 30.3 Å². The Hall–Kier alpha value is -1.43. The van der Waals surface area contributed by atoms with Crippen LogP contribution < -0.4 is 5.32 Å². The lowest BCUT2D eigenvalue weighted by Gasteiger charge is -2.54. The van der Waals surface area contributed by atoms with Crippen LogP contribution in [0.2, 0.25) is 0 Å². The van der Waals surface area contributed by atoms with Crippen LogP contribution in [0.25, 0.3) is 0 Å². The second-order valence-corrected chi connectivity index (χ2v) is 8.00. The molecule has 2 heterocycles. The summed E-state index contributed by atoms with van der Waals surface area (Å²) >= 11 is 0. The number of carbonyl (C=O) groups excluding carboxylic acids is 1.